The van der Waals surface area contributed by atoms with E-state index in [4.69, 9.17) is 0 Å². The normalized spacial score (nSPS) is 14.4. The maximum Gasteiger partial charge on any atom is 0.147 e. The summed E-state index contributed by atoms with van der Waals surface area (Å²) in [7, 11) is 0. The summed E-state index contributed by atoms with van der Waals surface area (Å²) < 4.78 is 14.0. The SMILES string of the molecule is CCN(CC)c1ccc(C2=NCCN2)cc1F. The molecule has 0 saturated heterocycles. The third-order valence-corrected chi connectivity index (χ3v) is 3.00. The van der Waals surface area contributed by atoms with Crippen molar-refractivity contribution in [2.75, 3.05) is 31.1 Å². The second kappa shape index (κ2) is 5.17. The zero-order valence-corrected chi connectivity index (χ0v) is 10.3. The van der Waals surface area contributed by atoms with E-state index in [1.165, 1.54) is 0 Å². The van der Waals surface area contributed by atoms with Gasteiger partial charge in [-0.05, 0) is 32.0 Å². The van der Waals surface area contributed by atoms with Crippen molar-refractivity contribution < 1.29 is 4.39 Å². The molecule has 1 heterocycles. The second-order valence-electron chi connectivity index (χ2n) is 4.00. The summed E-state index contributed by atoms with van der Waals surface area (Å²) >= 11 is 0. The van der Waals surface area contributed by atoms with Gasteiger partial charge in [-0.2, -0.15) is 0 Å². The predicted octanol–water partition coefficient (Wildman–Crippen LogP) is 2.02. The summed E-state index contributed by atoms with van der Waals surface area (Å²) in [6.07, 6.45) is 0. The van der Waals surface area contributed by atoms with E-state index in [9.17, 15) is 4.39 Å². The molecule has 0 radical (unpaired) electrons. The Kier molecular flexibility index (Phi) is 3.61. The van der Waals surface area contributed by atoms with Gasteiger partial charge in [0.25, 0.3) is 0 Å². The fraction of sp³-hybridized carbons (Fsp3) is 0.462. The maximum atomic E-state index is 14.0. The molecule has 3 nitrogen and oxygen atoms in total. The summed E-state index contributed by atoms with van der Waals surface area (Å²) in [4.78, 5) is 6.29. The minimum absolute atomic E-state index is 0.178. The highest BCUT2D eigenvalue weighted by molar-refractivity contribution is 6.00. The van der Waals surface area contributed by atoms with Gasteiger partial charge >= 0.3 is 0 Å². The molecule has 17 heavy (non-hydrogen) atoms. The quantitative estimate of drug-likeness (QED) is 0.864. The van der Waals surface area contributed by atoms with Crippen molar-refractivity contribution >= 4 is 11.5 Å². The van der Waals surface area contributed by atoms with Crippen LogP contribution in [0.15, 0.2) is 23.2 Å². The van der Waals surface area contributed by atoms with Crippen molar-refractivity contribution in [3.05, 3.63) is 29.6 Å². The number of hydrogen-bond acceptors (Lipinski definition) is 3. The smallest absolute Gasteiger partial charge is 0.147 e. The zero-order valence-electron chi connectivity index (χ0n) is 10.3. The first-order valence-corrected chi connectivity index (χ1v) is 6.09. The van der Waals surface area contributed by atoms with E-state index in [0.29, 0.717) is 5.69 Å². The lowest BCUT2D eigenvalue weighted by Crippen LogP contribution is -2.24. The molecule has 0 saturated carbocycles. The molecule has 0 amide bonds. The lowest BCUT2D eigenvalue weighted by Gasteiger charge is -2.21. The van der Waals surface area contributed by atoms with Gasteiger partial charge < -0.3 is 10.2 Å². The van der Waals surface area contributed by atoms with Gasteiger partial charge in [0.05, 0.1) is 12.2 Å². The lowest BCUT2D eigenvalue weighted by molar-refractivity contribution is 0.619. The van der Waals surface area contributed by atoms with E-state index in [1.807, 2.05) is 30.9 Å². The van der Waals surface area contributed by atoms with Crippen LogP contribution >= 0.6 is 0 Å². The van der Waals surface area contributed by atoms with Gasteiger partial charge in [0.15, 0.2) is 0 Å². The number of benzene rings is 1. The van der Waals surface area contributed by atoms with Crippen LogP contribution in [-0.2, 0) is 0 Å². The summed E-state index contributed by atoms with van der Waals surface area (Å²) in [5.74, 6) is 0.623. The third kappa shape index (κ3) is 2.40. The maximum absolute atomic E-state index is 14.0. The molecule has 0 aromatic heterocycles. The molecule has 1 N–H and O–H groups in total. The van der Waals surface area contributed by atoms with Crippen molar-refractivity contribution in [1.29, 1.82) is 0 Å². The molecule has 0 atom stereocenters. The van der Waals surface area contributed by atoms with Crippen LogP contribution in [0.2, 0.25) is 0 Å². The first-order chi connectivity index (χ1) is 8.26. The monoisotopic (exact) mass is 235 g/mol. The van der Waals surface area contributed by atoms with Crippen LogP contribution in [0.1, 0.15) is 19.4 Å². The molecular weight excluding hydrogens is 217 g/mol. The van der Waals surface area contributed by atoms with Crippen LogP contribution in [0.5, 0.6) is 0 Å². The molecule has 0 bridgehead atoms. The molecule has 0 aliphatic carbocycles. The summed E-state index contributed by atoms with van der Waals surface area (Å²) in [5.41, 5.74) is 1.49. The van der Waals surface area contributed by atoms with E-state index in [2.05, 4.69) is 10.3 Å². The Morgan fingerprint density at radius 2 is 2.12 bits per heavy atom. The van der Waals surface area contributed by atoms with Gasteiger partial charge in [-0.1, -0.05) is 0 Å². The first kappa shape index (κ1) is 11.9. The Bertz CT molecular complexity index is 425. The van der Waals surface area contributed by atoms with Gasteiger partial charge in [0, 0.05) is 25.2 Å². The number of rotatable bonds is 4. The zero-order chi connectivity index (χ0) is 12.3. The predicted molar refractivity (Wildman–Crippen MR) is 69.4 cm³/mol. The Labute approximate surface area is 101 Å². The highest BCUT2D eigenvalue weighted by Gasteiger charge is 2.13. The number of nitrogens with zero attached hydrogens (tertiary/aromatic N) is 2. The first-order valence-electron chi connectivity index (χ1n) is 6.09. The largest absolute Gasteiger partial charge is 0.370 e. The summed E-state index contributed by atoms with van der Waals surface area (Å²) in [6, 6.07) is 5.32. The molecular formula is C13H18FN3. The van der Waals surface area contributed by atoms with Gasteiger partial charge in [-0.15, -0.1) is 0 Å². The summed E-state index contributed by atoms with van der Waals surface area (Å²) in [6.45, 7) is 7.29. The fourth-order valence-electron chi connectivity index (χ4n) is 2.07. The van der Waals surface area contributed by atoms with E-state index in [-0.39, 0.29) is 5.82 Å². The van der Waals surface area contributed by atoms with Gasteiger partial charge in [-0.25, -0.2) is 4.39 Å². The molecule has 0 fully saturated rings. The number of anilines is 1. The standard InChI is InChI=1S/C13H18FN3/c1-3-17(4-2)12-6-5-10(9-11(12)14)13-15-7-8-16-13/h5-6,9H,3-4,7-8H2,1-2H3,(H,15,16). The van der Waals surface area contributed by atoms with Crippen molar-refractivity contribution in [3.8, 4) is 0 Å². The molecule has 1 aromatic carbocycles. The van der Waals surface area contributed by atoms with Crippen LogP contribution in [0.25, 0.3) is 0 Å². The summed E-state index contributed by atoms with van der Waals surface area (Å²) in [5, 5.41) is 3.15. The molecule has 0 spiro atoms. The molecule has 4 heteroatoms. The lowest BCUT2D eigenvalue weighted by atomic mass is 10.1. The van der Waals surface area contributed by atoms with E-state index < -0.39 is 0 Å². The number of aliphatic imine (C=N–C) groups is 1. The van der Waals surface area contributed by atoms with Crippen molar-refractivity contribution in [1.82, 2.24) is 5.32 Å². The van der Waals surface area contributed by atoms with Crippen LogP contribution < -0.4 is 10.2 Å². The minimum atomic E-state index is -0.178. The molecule has 1 aliphatic heterocycles. The van der Waals surface area contributed by atoms with Gasteiger partial charge in [0.1, 0.15) is 11.7 Å². The Morgan fingerprint density at radius 1 is 1.35 bits per heavy atom. The fourth-order valence-corrected chi connectivity index (χ4v) is 2.07. The van der Waals surface area contributed by atoms with Crippen LogP contribution in [-0.4, -0.2) is 32.0 Å². The highest BCUT2D eigenvalue weighted by Crippen LogP contribution is 2.20. The number of halogens is 1. The third-order valence-electron chi connectivity index (χ3n) is 3.00. The molecule has 0 unspecified atom stereocenters. The van der Waals surface area contributed by atoms with E-state index in [1.54, 1.807) is 6.07 Å². The van der Waals surface area contributed by atoms with Crippen molar-refractivity contribution in [2.24, 2.45) is 4.99 Å². The molecule has 1 aliphatic rings. The highest BCUT2D eigenvalue weighted by atomic mass is 19.1. The average molecular weight is 235 g/mol. The number of amidine groups is 1. The topological polar surface area (TPSA) is 27.6 Å². The Balaban J connectivity index is 2.28. The average Bonchev–Trinajstić information content (AvgIpc) is 2.86. The van der Waals surface area contributed by atoms with Crippen LogP contribution in [0.3, 0.4) is 0 Å². The molecule has 92 valence electrons. The van der Waals surface area contributed by atoms with E-state index in [0.717, 1.165) is 37.6 Å². The number of nitrogens with one attached hydrogen (secondary N) is 1. The molecule has 2 rings (SSSR count). The van der Waals surface area contributed by atoms with E-state index >= 15 is 0 Å². The number of hydrogen-bond donors (Lipinski definition) is 1. The van der Waals surface area contributed by atoms with Crippen LogP contribution in [0.4, 0.5) is 10.1 Å². The van der Waals surface area contributed by atoms with Gasteiger partial charge in [0.2, 0.25) is 0 Å². The molecule has 1 aromatic rings. The van der Waals surface area contributed by atoms with Crippen molar-refractivity contribution in [2.45, 2.75) is 13.8 Å². The van der Waals surface area contributed by atoms with Crippen molar-refractivity contribution in [3.63, 3.8) is 0 Å². The Hall–Kier alpha value is -1.58. The van der Waals surface area contributed by atoms with Crippen LogP contribution in [0, 0.1) is 5.82 Å². The van der Waals surface area contributed by atoms with Gasteiger partial charge in [-0.3, -0.25) is 4.99 Å². The second-order valence-corrected chi connectivity index (χ2v) is 4.00. The minimum Gasteiger partial charge on any atom is -0.370 e. The Morgan fingerprint density at radius 3 is 2.65 bits per heavy atom.